The monoisotopic (exact) mass is 224 g/mol. The third-order valence-corrected chi connectivity index (χ3v) is 3.26. The quantitative estimate of drug-likeness (QED) is 0.426. The van der Waals surface area contributed by atoms with E-state index in [1.165, 1.54) is 6.08 Å². The summed E-state index contributed by atoms with van der Waals surface area (Å²) in [5.74, 6) is -0.101. The van der Waals surface area contributed by atoms with Crippen molar-refractivity contribution in [2.75, 3.05) is 0 Å². The van der Waals surface area contributed by atoms with Crippen molar-refractivity contribution in [1.29, 1.82) is 0 Å². The van der Waals surface area contributed by atoms with Crippen LogP contribution in [0.3, 0.4) is 0 Å². The van der Waals surface area contributed by atoms with Crippen LogP contribution in [0.5, 0.6) is 0 Å². The zero-order valence-electron chi connectivity index (χ0n) is 9.76. The smallest absolute Gasteiger partial charge is 0.142 e. The summed E-state index contributed by atoms with van der Waals surface area (Å²) in [5, 5.41) is 9.72. The van der Waals surface area contributed by atoms with Crippen molar-refractivity contribution < 1.29 is 14.7 Å². The second-order valence-corrected chi connectivity index (χ2v) is 4.44. The first-order chi connectivity index (χ1) is 7.70. The first kappa shape index (κ1) is 13.1. The molecule has 90 valence electrons. The molecule has 3 atom stereocenters. The van der Waals surface area contributed by atoms with Crippen LogP contribution in [0.4, 0.5) is 0 Å². The van der Waals surface area contributed by atoms with Crippen LogP contribution in [0, 0.1) is 11.8 Å². The molecule has 0 heterocycles. The van der Waals surface area contributed by atoms with Gasteiger partial charge in [-0.2, -0.15) is 0 Å². The van der Waals surface area contributed by atoms with Crippen LogP contribution in [-0.2, 0) is 9.59 Å². The normalized spacial score (nSPS) is 30.1. The maximum Gasteiger partial charge on any atom is 0.142 e. The Hall–Kier alpha value is -0.960. The molecule has 0 aromatic carbocycles. The highest BCUT2D eigenvalue weighted by Gasteiger charge is 2.39. The molecule has 0 spiro atoms. The van der Waals surface area contributed by atoms with E-state index in [2.05, 4.69) is 6.92 Å². The van der Waals surface area contributed by atoms with Gasteiger partial charge in [-0.3, -0.25) is 9.59 Å². The number of carbonyl (C=O) groups excluding carboxylic acids is 2. The molecule has 0 saturated heterocycles. The summed E-state index contributed by atoms with van der Waals surface area (Å²) < 4.78 is 0. The molecule has 1 aliphatic carbocycles. The molecule has 0 bridgehead atoms. The summed E-state index contributed by atoms with van der Waals surface area (Å²) in [6.45, 7) is 2.12. The van der Waals surface area contributed by atoms with Crippen molar-refractivity contribution in [2.45, 2.75) is 45.1 Å². The van der Waals surface area contributed by atoms with Crippen molar-refractivity contribution in [1.82, 2.24) is 0 Å². The first-order valence-electron chi connectivity index (χ1n) is 6.03. The van der Waals surface area contributed by atoms with E-state index in [1.807, 2.05) is 0 Å². The number of ketones is 1. The number of aliphatic hydroxyl groups is 1. The Labute approximate surface area is 96.5 Å². The van der Waals surface area contributed by atoms with Crippen molar-refractivity contribution in [2.24, 2.45) is 11.8 Å². The maximum absolute atomic E-state index is 11.7. The molecule has 1 N–H and O–H groups in total. The number of Topliss-reactive ketones (excluding diaryl/α,β-unsaturated/α-hetero) is 1. The van der Waals surface area contributed by atoms with Crippen LogP contribution in [-0.4, -0.2) is 23.3 Å². The third kappa shape index (κ3) is 3.27. The lowest BCUT2D eigenvalue weighted by Gasteiger charge is -2.16. The van der Waals surface area contributed by atoms with E-state index in [-0.39, 0.29) is 24.0 Å². The summed E-state index contributed by atoms with van der Waals surface area (Å²) in [6.07, 6.45) is 7.49. The third-order valence-electron chi connectivity index (χ3n) is 3.26. The van der Waals surface area contributed by atoms with E-state index in [9.17, 15) is 14.7 Å². The van der Waals surface area contributed by atoms with Gasteiger partial charge >= 0.3 is 0 Å². The second-order valence-electron chi connectivity index (χ2n) is 4.44. The number of hydrogen-bond donors (Lipinski definition) is 1. The predicted molar refractivity (Wildman–Crippen MR) is 62.0 cm³/mol. The summed E-state index contributed by atoms with van der Waals surface area (Å²) in [5.41, 5.74) is 0. The molecule has 3 heteroatoms. The number of aliphatic hydroxyl groups excluding tert-OH is 1. The van der Waals surface area contributed by atoms with Gasteiger partial charge in [-0.1, -0.05) is 32.3 Å². The summed E-state index contributed by atoms with van der Waals surface area (Å²) in [7, 11) is 0. The Morgan fingerprint density at radius 3 is 2.81 bits per heavy atom. The van der Waals surface area contributed by atoms with Crippen molar-refractivity contribution in [3.63, 3.8) is 0 Å². The SMILES string of the molecule is CCCCCC1C(=O)CC(O)C1C=CC=O. The van der Waals surface area contributed by atoms with Gasteiger partial charge in [0, 0.05) is 18.3 Å². The topological polar surface area (TPSA) is 54.4 Å². The van der Waals surface area contributed by atoms with Crippen LogP contribution >= 0.6 is 0 Å². The number of hydrogen-bond acceptors (Lipinski definition) is 3. The molecule has 0 radical (unpaired) electrons. The Morgan fingerprint density at radius 2 is 2.19 bits per heavy atom. The molecule has 1 aliphatic rings. The number of unbranched alkanes of at least 4 members (excludes halogenated alkanes) is 2. The van der Waals surface area contributed by atoms with Crippen LogP contribution in [0.1, 0.15) is 39.0 Å². The number of carbonyl (C=O) groups is 2. The summed E-state index contributed by atoms with van der Waals surface area (Å²) in [4.78, 5) is 21.9. The lowest BCUT2D eigenvalue weighted by molar-refractivity contribution is -0.121. The molecular formula is C13H20O3. The van der Waals surface area contributed by atoms with Gasteiger partial charge in [0.1, 0.15) is 12.1 Å². The molecule has 0 amide bonds. The minimum Gasteiger partial charge on any atom is -0.392 e. The lowest BCUT2D eigenvalue weighted by atomic mass is 9.89. The molecule has 1 rings (SSSR count). The van der Waals surface area contributed by atoms with Gasteiger partial charge in [0.25, 0.3) is 0 Å². The second kappa shape index (κ2) is 6.59. The molecule has 0 aromatic rings. The standard InChI is InChI=1S/C13H20O3/c1-2-3-4-6-10-11(7-5-8-14)13(16)9-12(10)15/h5,7-8,10-11,13,16H,2-4,6,9H2,1H3. The van der Waals surface area contributed by atoms with E-state index < -0.39 is 6.10 Å². The highest BCUT2D eigenvalue weighted by molar-refractivity contribution is 5.84. The molecule has 0 aromatic heterocycles. The average molecular weight is 224 g/mol. The van der Waals surface area contributed by atoms with Crippen molar-refractivity contribution in [3.8, 4) is 0 Å². The number of rotatable bonds is 6. The summed E-state index contributed by atoms with van der Waals surface area (Å²) in [6, 6.07) is 0. The van der Waals surface area contributed by atoms with Crippen molar-refractivity contribution >= 4 is 12.1 Å². The van der Waals surface area contributed by atoms with E-state index in [1.54, 1.807) is 6.08 Å². The van der Waals surface area contributed by atoms with Gasteiger partial charge < -0.3 is 5.11 Å². The first-order valence-corrected chi connectivity index (χ1v) is 6.03. The lowest BCUT2D eigenvalue weighted by Crippen LogP contribution is -2.18. The van der Waals surface area contributed by atoms with Gasteiger partial charge in [-0.15, -0.1) is 0 Å². The zero-order valence-corrected chi connectivity index (χ0v) is 9.76. The van der Waals surface area contributed by atoms with E-state index in [0.29, 0.717) is 6.29 Å². The van der Waals surface area contributed by atoms with E-state index in [4.69, 9.17) is 0 Å². The fourth-order valence-corrected chi connectivity index (χ4v) is 2.38. The van der Waals surface area contributed by atoms with E-state index in [0.717, 1.165) is 25.7 Å². The molecule has 0 aliphatic heterocycles. The molecule has 1 saturated carbocycles. The van der Waals surface area contributed by atoms with E-state index >= 15 is 0 Å². The average Bonchev–Trinajstić information content (AvgIpc) is 2.52. The Balaban J connectivity index is 2.58. The van der Waals surface area contributed by atoms with Gasteiger partial charge in [0.05, 0.1) is 6.10 Å². The predicted octanol–water partition coefficient (Wildman–Crippen LogP) is 1.89. The summed E-state index contributed by atoms with van der Waals surface area (Å²) >= 11 is 0. The molecule has 16 heavy (non-hydrogen) atoms. The van der Waals surface area contributed by atoms with Crippen LogP contribution in [0.25, 0.3) is 0 Å². The largest absolute Gasteiger partial charge is 0.392 e. The zero-order chi connectivity index (χ0) is 12.0. The number of aldehydes is 1. The van der Waals surface area contributed by atoms with Crippen LogP contribution in [0.2, 0.25) is 0 Å². The fraction of sp³-hybridized carbons (Fsp3) is 0.692. The van der Waals surface area contributed by atoms with Gasteiger partial charge in [-0.25, -0.2) is 0 Å². The minimum atomic E-state index is -0.602. The Kier molecular flexibility index (Phi) is 5.39. The minimum absolute atomic E-state index is 0.0854. The maximum atomic E-state index is 11.7. The highest BCUT2D eigenvalue weighted by atomic mass is 16.3. The highest BCUT2D eigenvalue weighted by Crippen LogP contribution is 2.33. The molecule has 3 nitrogen and oxygen atoms in total. The fourth-order valence-electron chi connectivity index (χ4n) is 2.38. The van der Waals surface area contributed by atoms with Gasteiger partial charge in [0.2, 0.25) is 0 Å². The van der Waals surface area contributed by atoms with Crippen molar-refractivity contribution in [3.05, 3.63) is 12.2 Å². The van der Waals surface area contributed by atoms with Gasteiger partial charge in [-0.05, 0) is 12.5 Å². The molecule has 3 unspecified atom stereocenters. The van der Waals surface area contributed by atoms with Crippen LogP contribution in [0.15, 0.2) is 12.2 Å². The Bertz CT molecular complexity index is 270. The number of allylic oxidation sites excluding steroid dienone is 1. The Morgan fingerprint density at radius 1 is 1.44 bits per heavy atom. The molecular weight excluding hydrogens is 204 g/mol. The molecule has 1 fully saturated rings. The van der Waals surface area contributed by atoms with Gasteiger partial charge in [0.15, 0.2) is 0 Å². The van der Waals surface area contributed by atoms with Crippen LogP contribution < -0.4 is 0 Å².